The maximum atomic E-state index is 13.3. The van der Waals surface area contributed by atoms with Gasteiger partial charge in [-0.1, -0.05) is 65.4 Å². The van der Waals surface area contributed by atoms with Crippen LogP contribution < -0.4 is 10.2 Å². The lowest BCUT2D eigenvalue weighted by Crippen LogP contribution is -2.38. The fraction of sp³-hybridized carbons (Fsp3) is 0.133. The molecule has 6 rings (SSSR count). The summed E-state index contributed by atoms with van der Waals surface area (Å²) in [5.41, 5.74) is 6.47. The topological polar surface area (TPSA) is 95.4 Å². The van der Waals surface area contributed by atoms with E-state index in [0.717, 1.165) is 51.0 Å². The number of hydrogen-bond donors (Lipinski definition) is 2. The van der Waals surface area contributed by atoms with E-state index in [0.29, 0.717) is 22.9 Å². The van der Waals surface area contributed by atoms with Crippen molar-refractivity contribution in [3.8, 4) is 22.4 Å². The van der Waals surface area contributed by atoms with Crippen molar-refractivity contribution in [2.24, 2.45) is 0 Å². The number of anilines is 2. The standard InChI is InChI=1S/C30H24N4O3S/c1-18-8-10-19(11-9-18)22-14-15-23(31-27(22)28(35)36)21-13-12-20-5-4-16-34(25(20)17-21)30(37)33-29-32-24-6-2-3-7-26(24)38-29/h2-3,6-15,17H,4-5,16H2,1H3,(H,35,36)(H,32,33,37). The molecule has 0 spiro atoms. The number of pyridine rings is 1. The molecule has 7 nitrogen and oxygen atoms in total. The highest BCUT2D eigenvalue weighted by Gasteiger charge is 2.25. The number of carboxylic acid groups (broad SMARTS) is 1. The van der Waals surface area contributed by atoms with Crippen LogP contribution in [0.15, 0.2) is 78.9 Å². The summed E-state index contributed by atoms with van der Waals surface area (Å²) in [4.78, 5) is 36.2. The summed E-state index contributed by atoms with van der Waals surface area (Å²) in [6, 6.07) is 24.7. The number of hydrogen-bond acceptors (Lipinski definition) is 5. The van der Waals surface area contributed by atoms with E-state index in [2.05, 4.69) is 15.3 Å². The van der Waals surface area contributed by atoms with Crippen molar-refractivity contribution < 1.29 is 14.7 Å². The molecule has 2 aromatic heterocycles. The molecule has 0 radical (unpaired) electrons. The fourth-order valence-corrected chi connectivity index (χ4v) is 5.63. The molecule has 0 atom stereocenters. The maximum Gasteiger partial charge on any atom is 0.355 e. The molecule has 2 amide bonds. The van der Waals surface area contributed by atoms with Crippen LogP contribution in [-0.2, 0) is 6.42 Å². The molecule has 3 aromatic carbocycles. The van der Waals surface area contributed by atoms with Crippen molar-refractivity contribution in [3.63, 3.8) is 0 Å². The van der Waals surface area contributed by atoms with E-state index in [9.17, 15) is 14.7 Å². The van der Waals surface area contributed by atoms with Gasteiger partial charge in [0.1, 0.15) is 0 Å². The summed E-state index contributed by atoms with van der Waals surface area (Å²) in [5.74, 6) is -1.09. The SMILES string of the molecule is Cc1ccc(-c2ccc(-c3ccc4c(c3)N(C(=O)Nc3nc5ccccc5s3)CCC4)nc2C(=O)O)cc1. The number of thiazole rings is 1. The first-order valence-electron chi connectivity index (χ1n) is 12.3. The van der Waals surface area contributed by atoms with E-state index >= 15 is 0 Å². The lowest BCUT2D eigenvalue weighted by atomic mass is 9.97. The van der Waals surface area contributed by atoms with Gasteiger partial charge in [-0.25, -0.2) is 19.6 Å². The first kappa shape index (κ1) is 23.8. The van der Waals surface area contributed by atoms with Gasteiger partial charge in [-0.2, -0.15) is 0 Å². The lowest BCUT2D eigenvalue weighted by Gasteiger charge is -2.29. The number of aromatic carboxylic acids is 1. The maximum absolute atomic E-state index is 13.3. The summed E-state index contributed by atoms with van der Waals surface area (Å²) in [6.07, 6.45) is 1.72. The molecule has 188 valence electrons. The Kier molecular flexibility index (Phi) is 6.09. The second-order valence-corrected chi connectivity index (χ2v) is 10.3. The van der Waals surface area contributed by atoms with Gasteiger partial charge in [0.05, 0.1) is 15.9 Å². The zero-order valence-corrected chi connectivity index (χ0v) is 21.5. The lowest BCUT2D eigenvalue weighted by molar-refractivity contribution is 0.0691. The summed E-state index contributed by atoms with van der Waals surface area (Å²) >= 11 is 1.44. The van der Waals surface area contributed by atoms with Crippen LogP contribution in [0.1, 0.15) is 28.0 Å². The molecule has 5 aromatic rings. The van der Waals surface area contributed by atoms with Gasteiger partial charge in [0.25, 0.3) is 0 Å². The summed E-state index contributed by atoms with van der Waals surface area (Å²) < 4.78 is 1.01. The number of benzene rings is 3. The van der Waals surface area contributed by atoms with Crippen LogP contribution >= 0.6 is 11.3 Å². The number of carbonyl (C=O) groups excluding carboxylic acids is 1. The quantitative estimate of drug-likeness (QED) is 0.266. The van der Waals surface area contributed by atoms with Crippen LogP contribution in [-0.4, -0.2) is 33.6 Å². The summed E-state index contributed by atoms with van der Waals surface area (Å²) in [6.45, 7) is 2.56. The van der Waals surface area contributed by atoms with Crippen molar-refractivity contribution in [3.05, 3.63) is 95.7 Å². The molecule has 0 saturated carbocycles. The summed E-state index contributed by atoms with van der Waals surface area (Å²) in [5, 5.41) is 13.4. The fourth-order valence-electron chi connectivity index (χ4n) is 4.78. The van der Waals surface area contributed by atoms with E-state index < -0.39 is 5.97 Å². The number of amides is 2. The van der Waals surface area contributed by atoms with Gasteiger partial charge in [-0.05, 0) is 61.2 Å². The molecule has 0 saturated heterocycles. The van der Waals surface area contributed by atoms with Crippen molar-refractivity contribution >= 4 is 44.4 Å². The number of nitrogens with one attached hydrogen (secondary N) is 1. The van der Waals surface area contributed by atoms with E-state index in [-0.39, 0.29) is 11.7 Å². The molecular weight excluding hydrogens is 496 g/mol. The van der Waals surface area contributed by atoms with Crippen molar-refractivity contribution in [2.45, 2.75) is 19.8 Å². The zero-order valence-electron chi connectivity index (χ0n) is 20.6. The Labute approximate surface area is 223 Å². The Morgan fingerprint density at radius 3 is 2.53 bits per heavy atom. The average Bonchev–Trinajstić information content (AvgIpc) is 3.35. The van der Waals surface area contributed by atoms with Crippen LogP contribution in [0.4, 0.5) is 15.6 Å². The van der Waals surface area contributed by atoms with Crippen LogP contribution in [0, 0.1) is 6.92 Å². The monoisotopic (exact) mass is 520 g/mol. The smallest absolute Gasteiger partial charge is 0.355 e. The minimum absolute atomic E-state index is 0.00508. The highest BCUT2D eigenvalue weighted by atomic mass is 32.1. The number of urea groups is 1. The normalized spacial score (nSPS) is 12.8. The molecule has 0 bridgehead atoms. The van der Waals surface area contributed by atoms with Crippen molar-refractivity contribution in [1.82, 2.24) is 9.97 Å². The first-order chi connectivity index (χ1) is 18.5. The number of aryl methyl sites for hydroxylation is 2. The predicted octanol–water partition coefficient (Wildman–Crippen LogP) is 7.02. The number of carboxylic acids is 1. The molecule has 1 aliphatic rings. The van der Waals surface area contributed by atoms with Crippen LogP contribution in [0.2, 0.25) is 0 Å². The number of carbonyl (C=O) groups is 2. The minimum Gasteiger partial charge on any atom is -0.476 e. The van der Waals surface area contributed by atoms with Gasteiger partial charge in [-0.3, -0.25) is 10.2 Å². The Balaban J connectivity index is 1.32. The molecule has 0 aliphatic carbocycles. The van der Waals surface area contributed by atoms with Gasteiger partial charge >= 0.3 is 12.0 Å². The third-order valence-electron chi connectivity index (χ3n) is 6.71. The summed E-state index contributed by atoms with van der Waals surface area (Å²) in [7, 11) is 0. The molecule has 3 heterocycles. The van der Waals surface area contributed by atoms with Gasteiger partial charge < -0.3 is 5.11 Å². The molecule has 0 fully saturated rings. The Bertz CT molecular complexity index is 1660. The zero-order chi connectivity index (χ0) is 26.2. The van der Waals surface area contributed by atoms with Gasteiger partial charge in [0.2, 0.25) is 0 Å². The van der Waals surface area contributed by atoms with Crippen molar-refractivity contribution in [2.75, 3.05) is 16.8 Å². The van der Waals surface area contributed by atoms with Crippen LogP contribution in [0.25, 0.3) is 32.6 Å². The number of fused-ring (bicyclic) bond motifs is 2. The van der Waals surface area contributed by atoms with E-state index in [1.165, 1.54) is 11.3 Å². The Hall–Kier alpha value is -4.56. The van der Waals surface area contributed by atoms with Crippen LogP contribution in [0.3, 0.4) is 0 Å². The van der Waals surface area contributed by atoms with Gasteiger partial charge in [0, 0.05) is 23.4 Å². The molecule has 0 unspecified atom stereocenters. The second kappa shape index (κ2) is 9.72. The minimum atomic E-state index is -1.09. The predicted molar refractivity (Wildman–Crippen MR) is 151 cm³/mol. The Morgan fingerprint density at radius 1 is 0.947 bits per heavy atom. The highest BCUT2D eigenvalue weighted by molar-refractivity contribution is 7.22. The molecule has 2 N–H and O–H groups in total. The molecule has 8 heteroatoms. The number of para-hydroxylation sites is 1. The number of rotatable bonds is 4. The van der Waals surface area contributed by atoms with E-state index in [1.54, 1.807) is 11.0 Å². The third-order valence-corrected chi connectivity index (χ3v) is 7.66. The highest BCUT2D eigenvalue weighted by Crippen LogP contribution is 2.34. The van der Waals surface area contributed by atoms with Gasteiger partial charge in [0.15, 0.2) is 10.8 Å². The number of aromatic nitrogens is 2. The molecular formula is C30H24N4O3S. The van der Waals surface area contributed by atoms with Crippen molar-refractivity contribution in [1.29, 1.82) is 0 Å². The molecule has 38 heavy (non-hydrogen) atoms. The van der Waals surface area contributed by atoms with E-state index in [4.69, 9.17) is 0 Å². The van der Waals surface area contributed by atoms with E-state index in [1.807, 2.05) is 79.7 Å². The third kappa shape index (κ3) is 4.50. The Morgan fingerprint density at radius 2 is 1.74 bits per heavy atom. The molecule has 1 aliphatic heterocycles. The largest absolute Gasteiger partial charge is 0.476 e. The van der Waals surface area contributed by atoms with Gasteiger partial charge in [-0.15, -0.1) is 0 Å². The van der Waals surface area contributed by atoms with Crippen LogP contribution in [0.5, 0.6) is 0 Å². The average molecular weight is 521 g/mol. The second-order valence-electron chi connectivity index (χ2n) is 9.28. The number of nitrogens with zero attached hydrogens (tertiary/aromatic N) is 3. The first-order valence-corrected chi connectivity index (χ1v) is 13.2.